The molecule has 0 aliphatic rings. The van der Waals surface area contributed by atoms with Crippen molar-refractivity contribution in [1.29, 1.82) is 0 Å². The number of ether oxygens (including phenoxy) is 1. The van der Waals surface area contributed by atoms with Gasteiger partial charge in [0, 0.05) is 19.7 Å². The Bertz CT molecular complexity index is 1040. The van der Waals surface area contributed by atoms with Gasteiger partial charge in [0.2, 0.25) is 4.80 Å². The Hall–Kier alpha value is -1.62. The fraction of sp³-hybridized carbons (Fsp3) is 0.214. The van der Waals surface area contributed by atoms with E-state index >= 15 is 0 Å². The lowest BCUT2D eigenvalue weighted by atomic mass is 10.3. The molecule has 2 aromatic heterocycles. The Morgan fingerprint density at radius 3 is 2.79 bits per heavy atom. The molecule has 0 unspecified atom stereocenters. The molecule has 3 rings (SSSR count). The van der Waals surface area contributed by atoms with E-state index in [2.05, 4.69) is 4.40 Å². The summed E-state index contributed by atoms with van der Waals surface area (Å²) in [6.07, 6.45) is 0. The number of aromatic nitrogens is 1. The summed E-state index contributed by atoms with van der Waals surface area (Å²) >= 11 is 1.95. The third-order valence-electron chi connectivity index (χ3n) is 3.16. The second-order valence-corrected chi connectivity index (χ2v) is 8.55. The van der Waals surface area contributed by atoms with Gasteiger partial charge in [0.1, 0.15) is 10.0 Å². The topological polar surface area (TPSA) is 60.7 Å². The lowest BCUT2D eigenvalue weighted by molar-refractivity contribution is 0.187. The zero-order chi connectivity index (χ0) is 17.3. The van der Waals surface area contributed by atoms with Gasteiger partial charge in [-0.05, 0) is 17.5 Å². The van der Waals surface area contributed by atoms with Gasteiger partial charge >= 0.3 is 0 Å². The third kappa shape index (κ3) is 3.27. The van der Waals surface area contributed by atoms with Crippen LogP contribution in [0.5, 0.6) is 0 Å². The fourth-order valence-corrected chi connectivity index (χ4v) is 5.41. The van der Waals surface area contributed by atoms with E-state index in [1.54, 1.807) is 11.4 Å². The van der Waals surface area contributed by atoms with Crippen molar-refractivity contribution in [1.82, 2.24) is 4.57 Å². The summed E-state index contributed by atoms with van der Waals surface area (Å²) < 4.78 is 62.9. The molecular formula is C14H12F2N2O3S3. The van der Waals surface area contributed by atoms with Crippen LogP contribution in [0.25, 0.3) is 10.2 Å². The zero-order valence-corrected chi connectivity index (χ0v) is 14.9. The van der Waals surface area contributed by atoms with Crippen LogP contribution in [0.1, 0.15) is 0 Å². The van der Waals surface area contributed by atoms with Gasteiger partial charge in [0.15, 0.2) is 5.82 Å². The maximum absolute atomic E-state index is 14.2. The third-order valence-corrected chi connectivity index (χ3v) is 6.94. The molecule has 0 saturated carbocycles. The van der Waals surface area contributed by atoms with Crippen LogP contribution in [0.15, 0.2) is 38.3 Å². The van der Waals surface area contributed by atoms with Crippen molar-refractivity contribution in [2.24, 2.45) is 4.40 Å². The number of nitrogens with zero attached hydrogens (tertiary/aromatic N) is 2. The first kappa shape index (κ1) is 17.2. The Morgan fingerprint density at radius 2 is 2.12 bits per heavy atom. The van der Waals surface area contributed by atoms with E-state index < -0.39 is 21.7 Å². The predicted molar refractivity (Wildman–Crippen MR) is 88.7 cm³/mol. The SMILES string of the molecule is COCCn1/c(=N/S(=O)(=O)c2cccs2)sc2cc(F)cc(F)c21. The first-order valence-electron chi connectivity index (χ1n) is 6.74. The van der Waals surface area contributed by atoms with Crippen molar-refractivity contribution < 1.29 is 21.9 Å². The van der Waals surface area contributed by atoms with Crippen LogP contribution in [0.4, 0.5) is 8.78 Å². The Morgan fingerprint density at radius 1 is 1.33 bits per heavy atom. The van der Waals surface area contributed by atoms with Crippen LogP contribution in [0.3, 0.4) is 0 Å². The smallest absolute Gasteiger partial charge is 0.294 e. The highest BCUT2D eigenvalue weighted by molar-refractivity contribution is 7.92. The molecule has 0 atom stereocenters. The molecule has 0 spiro atoms. The van der Waals surface area contributed by atoms with E-state index in [4.69, 9.17) is 4.74 Å². The molecular weight excluding hydrogens is 378 g/mol. The van der Waals surface area contributed by atoms with Crippen LogP contribution in [-0.2, 0) is 21.3 Å². The molecule has 128 valence electrons. The molecule has 3 aromatic rings. The van der Waals surface area contributed by atoms with Crippen molar-refractivity contribution in [3.05, 3.63) is 46.1 Å². The summed E-state index contributed by atoms with van der Waals surface area (Å²) in [5.41, 5.74) is 0.110. The number of hydrogen-bond donors (Lipinski definition) is 0. The standard InChI is InChI=1S/C14H12F2N2O3S3/c1-21-5-4-18-13-10(16)7-9(15)8-11(13)23-14(18)17-24(19,20)12-3-2-6-22-12/h2-3,6-8H,4-5H2,1H3/b17-14-. The van der Waals surface area contributed by atoms with Gasteiger partial charge in [-0.1, -0.05) is 17.4 Å². The minimum absolute atomic E-state index is 0.0694. The summed E-state index contributed by atoms with van der Waals surface area (Å²) in [5, 5.41) is 1.63. The first-order valence-corrected chi connectivity index (χ1v) is 9.88. The second-order valence-electron chi connectivity index (χ2n) is 4.76. The molecule has 0 bridgehead atoms. The van der Waals surface area contributed by atoms with Crippen LogP contribution in [0, 0.1) is 11.6 Å². The van der Waals surface area contributed by atoms with Crippen LogP contribution < -0.4 is 4.80 Å². The maximum Gasteiger partial charge on any atom is 0.294 e. The Balaban J connectivity index is 2.27. The Labute approximate surface area is 144 Å². The number of hydrogen-bond acceptors (Lipinski definition) is 5. The van der Waals surface area contributed by atoms with E-state index in [1.807, 2.05) is 0 Å². The van der Waals surface area contributed by atoms with Crippen molar-refractivity contribution in [2.75, 3.05) is 13.7 Å². The molecule has 0 radical (unpaired) electrons. The van der Waals surface area contributed by atoms with Crippen molar-refractivity contribution in [3.8, 4) is 0 Å². The first-order chi connectivity index (χ1) is 11.4. The number of fused-ring (bicyclic) bond motifs is 1. The number of thiophene rings is 1. The minimum atomic E-state index is -3.91. The molecule has 5 nitrogen and oxygen atoms in total. The average Bonchev–Trinajstić information content (AvgIpc) is 3.13. The molecule has 0 aliphatic heterocycles. The van der Waals surface area contributed by atoms with E-state index in [-0.39, 0.29) is 32.4 Å². The van der Waals surface area contributed by atoms with Gasteiger partial charge in [0.05, 0.1) is 16.8 Å². The summed E-state index contributed by atoms with van der Waals surface area (Å²) in [6, 6.07) is 4.96. The fourth-order valence-electron chi connectivity index (χ4n) is 2.15. The highest BCUT2D eigenvalue weighted by Crippen LogP contribution is 2.23. The number of sulfonamides is 1. The van der Waals surface area contributed by atoms with E-state index in [1.165, 1.54) is 17.7 Å². The zero-order valence-electron chi connectivity index (χ0n) is 12.4. The van der Waals surface area contributed by atoms with Gasteiger partial charge in [0.25, 0.3) is 10.0 Å². The number of benzene rings is 1. The lowest BCUT2D eigenvalue weighted by Gasteiger charge is -2.05. The quantitative estimate of drug-likeness (QED) is 0.673. The highest BCUT2D eigenvalue weighted by Gasteiger charge is 2.17. The van der Waals surface area contributed by atoms with E-state index in [0.717, 1.165) is 34.8 Å². The number of rotatable bonds is 5. The molecule has 0 saturated heterocycles. The van der Waals surface area contributed by atoms with Crippen molar-refractivity contribution >= 4 is 42.9 Å². The normalized spacial score (nSPS) is 13.0. The minimum Gasteiger partial charge on any atom is -0.383 e. The molecule has 0 aliphatic carbocycles. The molecule has 0 amide bonds. The molecule has 0 N–H and O–H groups in total. The van der Waals surface area contributed by atoms with E-state index in [0.29, 0.717) is 0 Å². The van der Waals surface area contributed by atoms with Gasteiger partial charge in [-0.3, -0.25) is 0 Å². The number of methoxy groups -OCH3 is 1. The summed E-state index contributed by atoms with van der Waals surface area (Å²) in [5.74, 6) is -1.50. The monoisotopic (exact) mass is 390 g/mol. The van der Waals surface area contributed by atoms with Crippen molar-refractivity contribution in [2.45, 2.75) is 10.8 Å². The largest absolute Gasteiger partial charge is 0.383 e. The molecule has 24 heavy (non-hydrogen) atoms. The highest BCUT2D eigenvalue weighted by atomic mass is 32.2. The number of halogens is 2. The summed E-state index contributed by atoms with van der Waals surface area (Å²) in [7, 11) is -2.44. The maximum atomic E-state index is 14.2. The molecule has 0 fully saturated rings. The number of thiazole rings is 1. The van der Waals surface area contributed by atoms with E-state index in [9.17, 15) is 17.2 Å². The second kappa shape index (κ2) is 6.71. The van der Waals surface area contributed by atoms with Gasteiger partial charge in [-0.25, -0.2) is 8.78 Å². The average molecular weight is 390 g/mol. The Kier molecular flexibility index (Phi) is 4.81. The van der Waals surface area contributed by atoms with Gasteiger partial charge in [-0.15, -0.1) is 15.7 Å². The predicted octanol–water partition coefficient (Wildman–Crippen LogP) is 2.98. The van der Waals surface area contributed by atoms with Crippen LogP contribution in [-0.4, -0.2) is 26.7 Å². The van der Waals surface area contributed by atoms with Crippen molar-refractivity contribution in [3.63, 3.8) is 0 Å². The van der Waals surface area contributed by atoms with Gasteiger partial charge in [-0.2, -0.15) is 8.42 Å². The molecule has 2 heterocycles. The molecule has 1 aromatic carbocycles. The lowest BCUT2D eigenvalue weighted by Crippen LogP contribution is -2.19. The van der Waals surface area contributed by atoms with Crippen LogP contribution in [0.2, 0.25) is 0 Å². The molecule has 10 heteroatoms. The van der Waals surface area contributed by atoms with Crippen LogP contribution >= 0.6 is 22.7 Å². The summed E-state index contributed by atoms with van der Waals surface area (Å²) in [6.45, 7) is 0.423. The van der Waals surface area contributed by atoms with Gasteiger partial charge < -0.3 is 9.30 Å². The summed E-state index contributed by atoms with van der Waals surface area (Å²) in [4.78, 5) is 0.0694.